The average Bonchev–Trinajstić information content (AvgIpc) is 2.37. The largest absolute Gasteiger partial charge is 0.326 e. The fourth-order valence-electron chi connectivity index (χ4n) is 1.57. The first-order valence-electron chi connectivity index (χ1n) is 5.54. The maximum atomic E-state index is 13.0. The highest BCUT2D eigenvalue weighted by atomic mass is 79.9. The molecule has 0 radical (unpaired) electrons. The summed E-state index contributed by atoms with van der Waals surface area (Å²) in [6.45, 7) is 0. The standard InChI is InChI=1S/C14H10BrF2NO/c15-12-8-11(5-6-13(12)17)18-14(19)7-9-1-3-10(16)4-2-9/h1-6,8H,7H2,(H,18,19). The van der Waals surface area contributed by atoms with E-state index in [1.165, 1.54) is 30.3 Å². The number of amides is 1. The predicted molar refractivity (Wildman–Crippen MR) is 72.8 cm³/mol. The van der Waals surface area contributed by atoms with Gasteiger partial charge in [-0.15, -0.1) is 0 Å². The number of carbonyl (C=O) groups is 1. The van der Waals surface area contributed by atoms with Gasteiger partial charge in [0.05, 0.1) is 10.9 Å². The maximum Gasteiger partial charge on any atom is 0.228 e. The van der Waals surface area contributed by atoms with E-state index in [9.17, 15) is 13.6 Å². The molecule has 2 aromatic rings. The Bertz CT molecular complexity index is 599. The molecular weight excluding hydrogens is 316 g/mol. The Hall–Kier alpha value is -1.75. The second-order valence-corrected chi connectivity index (χ2v) is 4.83. The van der Waals surface area contributed by atoms with Crippen LogP contribution < -0.4 is 5.32 Å². The summed E-state index contributed by atoms with van der Waals surface area (Å²) >= 11 is 3.04. The molecule has 1 N–H and O–H groups in total. The third kappa shape index (κ3) is 3.86. The zero-order valence-electron chi connectivity index (χ0n) is 9.79. The first kappa shape index (κ1) is 13.7. The molecule has 0 aliphatic rings. The summed E-state index contributed by atoms with van der Waals surface area (Å²) in [5.41, 5.74) is 1.21. The molecule has 0 spiro atoms. The number of halogens is 3. The molecule has 0 aliphatic heterocycles. The summed E-state index contributed by atoms with van der Waals surface area (Å²) in [5.74, 6) is -0.978. The molecule has 2 nitrogen and oxygen atoms in total. The van der Waals surface area contributed by atoms with Gasteiger partial charge in [-0.25, -0.2) is 8.78 Å². The summed E-state index contributed by atoms with van der Waals surface area (Å²) in [6.07, 6.45) is 0.134. The number of hydrogen-bond donors (Lipinski definition) is 1. The highest BCUT2D eigenvalue weighted by Crippen LogP contribution is 2.20. The van der Waals surface area contributed by atoms with Crippen LogP contribution in [-0.2, 0) is 11.2 Å². The molecule has 0 fully saturated rings. The molecule has 0 atom stereocenters. The Balaban J connectivity index is 2.01. The van der Waals surface area contributed by atoms with Crippen molar-refractivity contribution in [2.75, 3.05) is 5.32 Å². The summed E-state index contributed by atoms with van der Waals surface area (Å²) in [4.78, 5) is 11.7. The number of nitrogens with one attached hydrogen (secondary N) is 1. The van der Waals surface area contributed by atoms with Crippen LogP contribution in [0.15, 0.2) is 46.9 Å². The van der Waals surface area contributed by atoms with Gasteiger partial charge in [-0.1, -0.05) is 12.1 Å². The van der Waals surface area contributed by atoms with Crippen LogP contribution in [0.25, 0.3) is 0 Å². The second kappa shape index (κ2) is 5.93. The first-order valence-corrected chi connectivity index (χ1v) is 6.33. The van der Waals surface area contributed by atoms with Crippen molar-refractivity contribution in [3.63, 3.8) is 0 Å². The number of hydrogen-bond acceptors (Lipinski definition) is 1. The molecule has 0 heterocycles. The normalized spacial score (nSPS) is 10.3. The average molecular weight is 326 g/mol. The number of benzene rings is 2. The van der Waals surface area contributed by atoms with Gasteiger partial charge in [-0.2, -0.15) is 0 Å². The number of anilines is 1. The minimum Gasteiger partial charge on any atom is -0.326 e. The number of rotatable bonds is 3. The van der Waals surface area contributed by atoms with E-state index in [0.717, 1.165) is 0 Å². The molecule has 5 heteroatoms. The first-order chi connectivity index (χ1) is 9.04. The van der Waals surface area contributed by atoms with E-state index >= 15 is 0 Å². The third-order valence-electron chi connectivity index (χ3n) is 2.48. The van der Waals surface area contributed by atoms with Crippen LogP contribution in [0.2, 0.25) is 0 Å². The zero-order chi connectivity index (χ0) is 13.8. The van der Waals surface area contributed by atoms with Crippen molar-refractivity contribution in [1.29, 1.82) is 0 Å². The highest BCUT2D eigenvalue weighted by molar-refractivity contribution is 9.10. The van der Waals surface area contributed by atoms with Gasteiger partial charge >= 0.3 is 0 Å². The van der Waals surface area contributed by atoms with E-state index in [2.05, 4.69) is 21.2 Å². The molecule has 0 bridgehead atoms. The lowest BCUT2D eigenvalue weighted by Gasteiger charge is -2.06. The van der Waals surface area contributed by atoms with Crippen molar-refractivity contribution in [3.8, 4) is 0 Å². The lowest BCUT2D eigenvalue weighted by atomic mass is 10.1. The SMILES string of the molecule is O=C(Cc1ccc(F)cc1)Nc1ccc(F)c(Br)c1. The third-order valence-corrected chi connectivity index (χ3v) is 3.09. The van der Waals surface area contributed by atoms with E-state index in [4.69, 9.17) is 0 Å². The molecule has 1 amide bonds. The van der Waals surface area contributed by atoms with Gasteiger partial charge in [0.1, 0.15) is 11.6 Å². The summed E-state index contributed by atoms with van der Waals surface area (Å²) in [6, 6.07) is 9.93. The summed E-state index contributed by atoms with van der Waals surface area (Å²) in [5, 5.41) is 2.64. The molecule has 0 aliphatic carbocycles. The van der Waals surface area contributed by atoms with E-state index < -0.39 is 5.82 Å². The van der Waals surface area contributed by atoms with Crippen molar-refractivity contribution in [2.24, 2.45) is 0 Å². The lowest BCUT2D eigenvalue weighted by Crippen LogP contribution is -2.14. The van der Waals surface area contributed by atoms with Crippen LogP contribution in [0, 0.1) is 11.6 Å². The van der Waals surface area contributed by atoms with Crippen LogP contribution in [0.5, 0.6) is 0 Å². The van der Waals surface area contributed by atoms with Gasteiger partial charge in [0, 0.05) is 5.69 Å². The van der Waals surface area contributed by atoms with Crippen LogP contribution in [-0.4, -0.2) is 5.91 Å². The lowest BCUT2D eigenvalue weighted by molar-refractivity contribution is -0.115. The van der Waals surface area contributed by atoms with Gasteiger partial charge in [0.15, 0.2) is 0 Å². The van der Waals surface area contributed by atoms with Crippen molar-refractivity contribution in [2.45, 2.75) is 6.42 Å². The molecule has 0 saturated carbocycles. The van der Waals surface area contributed by atoms with Crippen molar-refractivity contribution in [3.05, 3.63) is 64.1 Å². The Labute approximate surface area is 117 Å². The maximum absolute atomic E-state index is 13.0. The number of carbonyl (C=O) groups excluding carboxylic acids is 1. The summed E-state index contributed by atoms with van der Waals surface area (Å²) < 4.78 is 26.0. The van der Waals surface area contributed by atoms with Crippen molar-refractivity contribution >= 4 is 27.5 Å². The van der Waals surface area contributed by atoms with Crippen LogP contribution >= 0.6 is 15.9 Å². The van der Waals surface area contributed by atoms with Crippen LogP contribution in [0.4, 0.5) is 14.5 Å². The van der Waals surface area contributed by atoms with Crippen LogP contribution in [0.3, 0.4) is 0 Å². The Morgan fingerprint density at radius 3 is 2.42 bits per heavy atom. The molecule has 98 valence electrons. The zero-order valence-corrected chi connectivity index (χ0v) is 11.4. The monoisotopic (exact) mass is 325 g/mol. The van der Waals surface area contributed by atoms with E-state index in [1.807, 2.05) is 0 Å². The molecular formula is C14H10BrF2NO. The topological polar surface area (TPSA) is 29.1 Å². The van der Waals surface area contributed by atoms with E-state index in [1.54, 1.807) is 12.1 Å². The Morgan fingerprint density at radius 2 is 1.79 bits per heavy atom. The van der Waals surface area contributed by atoms with Gasteiger partial charge in [-0.3, -0.25) is 4.79 Å². The van der Waals surface area contributed by atoms with Crippen molar-refractivity contribution < 1.29 is 13.6 Å². The minimum atomic E-state index is -0.392. The molecule has 2 rings (SSSR count). The highest BCUT2D eigenvalue weighted by Gasteiger charge is 2.06. The molecule has 0 aromatic heterocycles. The Morgan fingerprint density at radius 1 is 1.11 bits per heavy atom. The molecule has 0 unspecified atom stereocenters. The smallest absolute Gasteiger partial charge is 0.228 e. The van der Waals surface area contributed by atoms with Gasteiger partial charge < -0.3 is 5.32 Å². The van der Waals surface area contributed by atoms with Gasteiger partial charge in [0.25, 0.3) is 0 Å². The Kier molecular flexibility index (Phi) is 4.27. The van der Waals surface area contributed by atoms with Crippen molar-refractivity contribution in [1.82, 2.24) is 0 Å². The predicted octanol–water partition coefficient (Wildman–Crippen LogP) is 3.91. The fourth-order valence-corrected chi connectivity index (χ4v) is 1.95. The minimum absolute atomic E-state index is 0.134. The molecule has 19 heavy (non-hydrogen) atoms. The molecule has 0 saturated heterocycles. The fraction of sp³-hybridized carbons (Fsp3) is 0.0714. The van der Waals surface area contributed by atoms with Crippen LogP contribution in [0.1, 0.15) is 5.56 Å². The van der Waals surface area contributed by atoms with E-state index in [-0.39, 0.29) is 22.6 Å². The van der Waals surface area contributed by atoms with Gasteiger partial charge in [-0.05, 0) is 51.8 Å². The quantitative estimate of drug-likeness (QED) is 0.910. The summed E-state index contributed by atoms with van der Waals surface area (Å²) in [7, 11) is 0. The van der Waals surface area contributed by atoms with Gasteiger partial charge in [0.2, 0.25) is 5.91 Å². The van der Waals surface area contributed by atoms with E-state index in [0.29, 0.717) is 11.3 Å². The molecule has 2 aromatic carbocycles. The second-order valence-electron chi connectivity index (χ2n) is 3.98.